The molecular weight excluding hydrogens is 300 g/mol. The van der Waals surface area contributed by atoms with E-state index in [1.165, 1.54) is 18.2 Å². The minimum absolute atomic E-state index is 0.0133. The molecule has 0 aromatic heterocycles. The van der Waals surface area contributed by atoms with Crippen molar-refractivity contribution in [1.82, 2.24) is 0 Å². The first kappa shape index (κ1) is 18.7. The van der Waals surface area contributed by atoms with Crippen molar-refractivity contribution >= 4 is 17.9 Å². The molecule has 0 saturated heterocycles. The Kier molecular flexibility index (Phi) is 5.20. The van der Waals surface area contributed by atoms with E-state index in [0.29, 0.717) is 0 Å². The van der Waals surface area contributed by atoms with Crippen molar-refractivity contribution in [1.29, 1.82) is 0 Å². The molecule has 0 bridgehead atoms. The highest BCUT2D eigenvalue weighted by Gasteiger charge is 2.23. The highest BCUT2D eigenvalue weighted by atomic mass is 16.6. The smallest absolute Gasteiger partial charge is 0.338 e. The van der Waals surface area contributed by atoms with Crippen molar-refractivity contribution in [2.24, 2.45) is 0 Å². The maximum absolute atomic E-state index is 12.1. The molecule has 23 heavy (non-hydrogen) atoms. The third-order valence-corrected chi connectivity index (χ3v) is 2.45. The predicted molar refractivity (Wildman–Crippen MR) is 83.7 cm³/mol. The van der Waals surface area contributed by atoms with Crippen LogP contribution in [0.2, 0.25) is 0 Å². The summed E-state index contributed by atoms with van der Waals surface area (Å²) in [5.41, 5.74) is -1.68. The molecule has 0 heterocycles. The van der Waals surface area contributed by atoms with Crippen LogP contribution in [0, 0.1) is 0 Å². The van der Waals surface area contributed by atoms with Gasteiger partial charge in [0, 0.05) is 0 Å². The standard InChI is InChI=1S/C17H22O6/c1-16(2,3)22-14(20)11-7-10(13(18)19)8-12(9-11)15(21)23-17(4,5)6/h7-9H,1-6H3,(H,18,19). The Morgan fingerprint density at radius 1 is 0.739 bits per heavy atom. The molecule has 0 aliphatic heterocycles. The van der Waals surface area contributed by atoms with E-state index in [4.69, 9.17) is 14.6 Å². The molecule has 1 N–H and O–H groups in total. The summed E-state index contributed by atoms with van der Waals surface area (Å²) in [6.07, 6.45) is 0. The lowest BCUT2D eigenvalue weighted by molar-refractivity contribution is 0.00676. The molecule has 0 unspecified atom stereocenters. The van der Waals surface area contributed by atoms with Crippen LogP contribution in [0.1, 0.15) is 72.6 Å². The van der Waals surface area contributed by atoms with Crippen molar-refractivity contribution in [3.05, 3.63) is 34.9 Å². The Morgan fingerprint density at radius 3 is 1.30 bits per heavy atom. The third kappa shape index (κ3) is 6.10. The molecule has 1 rings (SSSR count). The van der Waals surface area contributed by atoms with Gasteiger partial charge in [0.1, 0.15) is 11.2 Å². The molecule has 0 saturated carbocycles. The Labute approximate surface area is 135 Å². The van der Waals surface area contributed by atoms with Gasteiger partial charge in [-0.05, 0) is 59.7 Å². The second-order valence-electron chi connectivity index (χ2n) is 7.11. The molecule has 6 heteroatoms. The second kappa shape index (κ2) is 6.40. The van der Waals surface area contributed by atoms with Gasteiger partial charge in [-0.2, -0.15) is 0 Å². The molecule has 0 radical (unpaired) electrons. The first-order chi connectivity index (χ1) is 10.3. The Hall–Kier alpha value is -2.37. The summed E-state index contributed by atoms with van der Waals surface area (Å²) in [6, 6.07) is 3.61. The Bertz CT molecular complexity index is 585. The van der Waals surface area contributed by atoms with Crippen LogP contribution >= 0.6 is 0 Å². The number of esters is 2. The summed E-state index contributed by atoms with van der Waals surface area (Å²) in [7, 11) is 0. The van der Waals surface area contributed by atoms with Gasteiger partial charge in [0.05, 0.1) is 16.7 Å². The van der Waals surface area contributed by atoms with E-state index in [0.717, 1.165) is 0 Å². The van der Waals surface area contributed by atoms with Gasteiger partial charge >= 0.3 is 17.9 Å². The van der Waals surface area contributed by atoms with Gasteiger partial charge in [0.2, 0.25) is 0 Å². The van der Waals surface area contributed by atoms with Crippen LogP contribution in [-0.4, -0.2) is 34.2 Å². The van der Waals surface area contributed by atoms with Gasteiger partial charge in [0.25, 0.3) is 0 Å². The minimum atomic E-state index is -1.25. The van der Waals surface area contributed by atoms with E-state index < -0.39 is 29.1 Å². The van der Waals surface area contributed by atoms with Crippen molar-refractivity contribution in [2.45, 2.75) is 52.7 Å². The topological polar surface area (TPSA) is 89.9 Å². The number of carbonyl (C=O) groups is 3. The summed E-state index contributed by atoms with van der Waals surface area (Å²) in [6.45, 7) is 10.2. The lowest BCUT2D eigenvalue weighted by atomic mass is 10.0. The molecular formula is C17H22O6. The molecule has 0 aliphatic rings. The van der Waals surface area contributed by atoms with Crippen LogP contribution in [0.3, 0.4) is 0 Å². The summed E-state index contributed by atoms with van der Waals surface area (Å²) in [5, 5.41) is 9.16. The maximum atomic E-state index is 12.1. The van der Waals surface area contributed by atoms with Crippen LogP contribution in [-0.2, 0) is 9.47 Å². The molecule has 6 nitrogen and oxygen atoms in total. The van der Waals surface area contributed by atoms with E-state index in [-0.39, 0.29) is 16.7 Å². The summed E-state index contributed by atoms with van der Waals surface area (Å²) in [5.74, 6) is -2.66. The van der Waals surface area contributed by atoms with Crippen LogP contribution < -0.4 is 0 Å². The quantitative estimate of drug-likeness (QED) is 0.859. The molecule has 1 aromatic rings. The average molecular weight is 322 g/mol. The van der Waals surface area contributed by atoms with Crippen LogP contribution in [0.5, 0.6) is 0 Å². The lowest BCUT2D eigenvalue weighted by Gasteiger charge is -2.21. The maximum Gasteiger partial charge on any atom is 0.338 e. The fourth-order valence-corrected chi connectivity index (χ4v) is 1.66. The SMILES string of the molecule is CC(C)(C)OC(=O)c1cc(C(=O)O)cc(C(=O)OC(C)(C)C)c1. The van der Waals surface area contributed by atoms with Crippen LogP contribution in [0.4, 0.5) is 0 Å². The van der Waals surface area contributed by atoms with Gasteiger partial charge in [-0.15, -0.1) is 0 Å². The fourth-order valence-electron chi connectivity index (χ4n) is 1.66. The first-order valence-electron chi connectivity index (χ1n) is 7.13. The number of ether oxygens (including phenoxy) is 2. The van der Waals surface area contributed by atoms with Crippen LogP contribution in [0.15, 0.2) is 18.2 Å². The molecule has 1 aromatic carbocycles. The number of hydrogen-bond donors (Lipinski definition) is 1. The summed E-state index contributed by atoms with van der Waals surface area (Å²) in [4.78, 5) is 35.5. The number of carboxylic acid groups (broad SMARTS) is 1. The second-order valence-corrected chi connectivity index (χ2v) is 7.11. The van der Waals surface area contributed by atoms with E-state index in [1.54, 1.807) is 41.5 Å². The molecule has 0 amide bonds. The first-order valence-corrected chi connectivity index (χ1v) is 7.13. The Morgan fingerprint density at radius 2 is 1.04 bits per heavy atom. The third-order valence-electron chi connectivity index (χ3n) is 2.45. The molecule has 0 fully saturated rings. The number of carbonyl (C=O) groups excluding carboxylic acids is 2. The zero-order valence-corrected chi connectivity index (χ0v) is 14.2. The molecule has 0 aliphatic carbocycles. The summed E-state index contributed by atoms with van der Waals surface area (Å²) >= 11 is 0. The molecule has 126 valence electrons. The number of carboxylic acids is 1. The highest BCUT2D eigenvalue weighted by molar-refractivity contribution is 6.00. The number of hydrogen-bond acceptors (Lipinski definition) is 5. The van der Waals surface area contributed by atoms with Gasteiger partial charge in [-0.25, -0.2) is 14.4 Å². The molecule has 0 spiro atoms. The largest absolute Gasteiger partial charge is 0.478 e. The van der Waals surface area contributed by atoms with E-state index in [1.807, 2.05) is 0 Å². The van der Waals surface area contributed by atoms with Gasteiger partial charge < -0.3 is 14.6 Å². The van der Waals surface area contributed by atoms with Crippen molar-refractivity contribution in [3.8, 4) is 0 Å². The fraction of sp³-hybridized carbons (Fsp3) is 0.471. The average Bonchev–Trinajstić information content (AvgIpc) is 2.34. The van der Waals surface area contributed by atoms with Gasteiger partial charge in [-0.3, -0.25) is 0 Å². The minimum Gasteiger partial charge on any atom is -0.478 e. The van der Waals surface area contributed by atoms with Crippen molar-refractivity contribution < 1.29 is 29.0 Å². The normalized spacial score (nSPS) is 11.7. The van der Waals surface area contributed by atoms with Crippen LogP contribution in [0.25, 0.3) is 0 Å². The number of benzene rings is 1. The van der Waals surface area contributed by atoms with Crippen molar-refractivity contribution in [2.75, 3.05) is 0 Å². The number of aromatic carboxylic acids is 1. The molecule has 0 atom stereocenters. The zero-order valence-electron chi connectivity index (χ0n) is 14.2. The van der Waals surface area contributed by atoms with Crippen molar-refractivity contribution in [3.63, 3.8) is 0 Å². The van der Waals surface area contributed by atoms with Gasteiger partial charge in [-0.1, -0.05) is 0 Å². The Balaban J connectivity index is 3.25. The van der Waals surface area contributed by atoms with E-state index in [2.05, 4.69) is 0 Å². The lowest BCUT2D eigenvalue weighted by Crippen LogP contribution is -2.26. The monoisotopic (exact) mass is 322 g/mol. The number of rotatable bonds is 3. The highest BCUT2D eigenvalue weighted by Crippen LogP contribution is 2.18. The van der Waals surface area contributed by atoms with Gasteiger partial charge in [0.15, 0.2) is 0 Å². The van der Waals surface area contributed by atoms with E-state index >= 15 is 0 Å². The summed E-state index contributed by atoms with van der Waals surface area (Å²) < 4.78 is 10.4. The van der Waals surface area contributed by atoms with E-state index in [9.17, 15) is 14.4 Å². The predicted octanol–water partition coefficient (Wildman–Crippen LogP) is 3.30. The zero-order chi connectivity index (χ0) is 18.0.